The van der Waals surface area contributed by atoms with E-state index in [2.05, 4.69) is 13.8 Å². The van der Waals surface area contributed by atoms with E-state index < -0.39 is 0 Å². The summed E-state index contributed by atoms with van der Waals surface area (Å²) in [4.78, 5) is 13.9. The number of benzene rings is 1. The van der Waals surface area contributed by atoms with E-state index in [-0.39, 0.29) is 11.8 Å². The van der Waals surface area contributed by atoms with Crippen molar-refractivity contribution in [1.29, 1.82) is 0 Å². The molecular formula is C15H24N2O. The highest BCUT2D eigenvalue weighted by Gasteiger charge is 2.17. The molecule has 0 saturated heterocycles. The number of carbonyl (C=O) groups is 1. The lowest BCUT2D eigenvalue weighted by atomic mass is 9.94. The standard InChI is InChI=1S/C15H24N2O/c1-12(2)9-13(11-16)10-15(18)17(3)14-7-5-4-6-8-14/h4-8,12-13H,9-11,16H2,1-3H3. The van der Waals surface area contributed by atoms with Gasteiger partial charge in [-0.1, -0.05) is 32.0 Å². The molecule has 1 aromatic carbocycles. The van der Waals surface area contributed by atoms with Crippen LogP contribution in [0.1, 0.15) is 26.7 Å². The molecule has 0 radical (unpaired) electrons. The van der Waals surface area contributed by atoms with Crippen molar-refractivity contribution in [1.82, 2.24) is 0 Å². The van der Waals surface area contributed by atoms with Crippen LogP contribution in [0.3, 0.4) is 0 Å². The number of anilines is 1. The van der Waals surface area contributed by atoms with Crippen LogP contribution in [0.5, 0.6) is 0 Å². The van der Waals surface area contributed by atoms with Gasteiger partial charge >= 0.3 is 0 Å². The highest BCUT2D eigenvalue weighted by molar-refractivity contribution is 5.92. The first-order chi connectivity index (χ1) is 8.54. The van der Waals surface area contributed by atoms with Crippen LogP contribution in [0.15, 0.2) is 30.3 Å². The Kier molecular flexibility index (Phi) is 5.86. The Bertz CT molecular complexity index is 362. The van der Waals surface area contributed by atoms with Crippen LogP contribution < -0.4 is 10.6 Å². The van der Waals surface area contributed by atoms with Crippen molar-refractivity contribution in [2.75, 3.05) is 18.5 Å². The largest absolute Gasteiger partial charge is 0.330 e. The van der Waals surface area contributed by atoms with Crippen molar-refractivity contribution >= 4 is 11.6 Å². The van der Waals surface area contributed by atoms with Gasteiger partial charge in [-0.15, -0.1) is 0 Å². The maximum Gasteiger partial charge on any atom is 0.227 e. The molecule has 0 aliphatic heterocycles. The maximum atomic E-state index is 12.2. The third kappa shape index (κ3) is 4.49. The molecule has 3 nitrogen and oxygen atoms in total. The maximum absolute atomic E-state index is 12.2. The zero-order valence-corrected chi connectivity index (χ0v) is 11.6. The topological polar surface area (TPSA) is 46.3 Å². The number of hydrogen-bond acceptors (Lipinski definition) is 2. The second kappa shape index (κ2) is 7.17. The van der Waals surface area contributed by atoms with Crippen LogP contribution in [-0.4, -0.2) is 19.5 Å². The minimum atomic E-state index is 0.136. The van der Waals surface area contributed by atoms with E-state index in [0.717, 1.165) is 12.1 Å². The van der Waals surface area contributed by atoms with Gasteiger partial charge in [0.25, 0.3) is 0 Å². The van der Waals surface area contributed by atoms with Crippen LogP contribution in [-0.2, 0) is 4.79 Å². The van der Waals surface area contributed by atoms with Gasteiger partial charge < -0.3 is 10.6 Å². The van der Waals surface area contributed by atoms with Gasteiger partial charge in [-0.2, -0.15) is 0 Å². The molecule has 0 fully saturated rings. The van der Waals surface area contributed by atoms with E-state index in [9.17, 15) is 4.79 Å². The van der Waals surface area contributed by atoms with Crippen molar-refractivity contribution in [2.45, 2.75) is 26.7 Å². The summed E-state index contributed by atoms with van der Waals surface area (Å²) in [6.07, 6.45) is 1.53. The second-order valence-electron chi connectivity index (χ2n) is 5.22. The van der Waals surface area contributed by atoms with Crippen molar-refractivity contribution < 1.29 is 4.79 Å². The SMILES string of the molecule is CC(C)CC(CN)CC(=O)N(C)c1ccccc1. The molecule has 100 valence electrons. The van der Waals surface area contributed by atoms with Crippen LogP contribution in [0.2, 0.25) is 0 Å². The fourth-order valence-electron chi connectivity index (χ4n) is 2.11. The Balaban J connectivity index is 2.59. The summed E-state index contributed by atoms with van der Waals surface area (Å²) in [5.74, 6) is 0.995. The molecule has 0 aromatic heterocycles. The first kappa shape index (κ1) is 14.7. The molecule has 18 heavy (non-hydrogen) atoms. The predicted octanol–water partition coefficient (Wildman–Crippen LogP) is 2.66. The van der Waals surface area contributed by atoms with E-state index in [1.54, 1.807) is 4.90 Å². The third-order valence-electron chi connectivity index (χ3n) is 3.12. The predicted molar refractivity (Wildman–Crippen MR) is 76.5 cm³/mol. The average molecular weight is 248 g/mol. The van der Waals surface area contributed by atoms with Crippen molar-refractivity contribution in [2.24, 2.45) is 17.6 Å². The summed E-state index contributed by atoms with van der Waals surface area (Å²) in [5.41, 5.74) is 6.67. The van der Waals surface area contributed by atoms with Crippen molar-refractivity contribution in [3.05, 3.63) is 30.3 Å². The number of carbonyl (C=O) groups excluding carboxylic acids is 1. The van der Waals surface area contributed by atoms with Gasteiger partial charge in [0.15, 0.2) is 0 Å². The van der Waals surface area contributed by atoms with Crippen LogP contribution in [0.4, 0.5) is 5.69 Å². The zero-order chi connectivity index (χ0) is 13.5. The fraction of sp³-hybridized carbons (Fsp3) is 0.533. The molecule has 1 unspecified atom stereocenters. The lowest BCUT2D eigenvalue weighted by molar-refractivity contribution is -0.119. The van der Waals surface area contributed by atoms with E-state index in [4.69, 9.17) is 5.73 Å². The minimum Gasteiger partial charge on any atom is -0.330 e. The van der Waals surface area contributed by atoms with Gasteiger partial charge in [0, 0.05) is 19.2 Å². The lowest BCUT2D eigenvalue weighted by Gasteiger charge is -2.22. The number of para-hydroxylation sites is 1. The highest BCUT2D eigenvalue weighted by atomic mass is 16.2. The third-order valence-corrected chi connectivity index (χ3v) is 3.12. The summed E-state index contributed by atoms with van der Waals surface area (Å²) in [5, 5.41) is 0. The number of amides is 1. The van der Waals surface area contributed by atoms with Crippen LogP contribution in [0, 0.1) is 11.8 Å². The van der Waals surface area contributed by atoms with Gasteiger partial charge in [-0.25, -0.2) is 0 Å². The Labute approximate surface area is 110 Å². The highest BCUT2D eigenvalue weighted by Crippen LogP contribution is 2.18. The molecule has 1 amide bonds. The molecule has 0 saturated carbocycles. The Morgan fingerprint density at radius 1 is 1.28 bits per heavy atom. The normalized spacial score (nSPS) is 12.5. The van der Waals surface area contributed by atoms with Gasteiger partial charge in [-0.3, -0.25) is 4.79 Å². The smallest absolute Gasteiger partial charge is 0.227 e. The Hall–Kier alpha value is -1.35. The first-order valence-corrected chi connectivity index (χ1v) is 6.56. The molecule has 0 aliphatic rings. The molecule has 0 aliphatic carbocycles. The molecule has 1 atom stereocenters. The molecule has 2 N–H and O–H groups in total. The summed E-state index contributed by atoms with van der Waals surface area (Å²) in [7, 11) is 1.82. The molecule has 0 spiro atoms. The molecule has 1 rings (SSSR count). The molecular weight excluding hydrogens is 224 g/mol. The minimum absolute atomic E-state index is 0.136. The van der Waals surface area contributed by atoms with Gasteiger partial charge in [0.1, 0.15) is 0 Å². The zero-order valence-electron chi connectivity index (χ0n) is 11.6. The van der Waals surface area contributed by atoms with E-state index in [1.807, 2.05) is 37.4 Å². The van der Waals surface area contributed by atoms with Crippen LogP contribution in [0.25, 0.3) is 0 Å². The Morgan fingerprint density at radius 3 is 2.39 bits per heavy atom. The molecule has 0 bridgehead atoms. The summed E-state index contributed by atoms with van der Waals surface area (Å²) >= 11 is 0. The summed E-state index contributed by atoms with van der Waals surface area (Å²) in [6, 6.07) is 9.71. The van der Waals surface area contributed by atoms with E-state index >= 15 is 0 Å². The fourth-order valence-corrected chi connectivity index (χ4v) is 2.11. The average Bonchev–Trinajstić information content (AvgIpc) is 2.37. The number of nitrogens with zero attached hydrogens (tertiary/aromatic N) is 1. The van der Waals surface area contributed by atoms with Crippen molar-refractivity contribution in [3.63, 3.8) is 0 Å². The summed E-state index contributed by atoms with van der Waals surface area (Å²) < 4.78 is 0. The number of rotatable bonds is 6. The summed E-state index contributed by atoms with van der Waals surface area (Å²) in [6.45, 7) is 4.90. The molecule has 3 heteroatoms. The van der Waals surface area contributed by atoms with Gasteiger partial charge in [0.05, 0.1) is 0 Å². The quantitative estimate of drug-likeness (QED) is 0.841. The monoisotopic (exact) mass is 248 g/mol. The Morgan fingerprint density at radius 2 is 1.89 bits per heavy atom. The van der Waals surface area contributed by atoms with Gasteiger partial charge in [0.2, 0.25) is 5.91 Å². The lowest BCUT2D eigenvalue weighted by Crippen LogP contribution is -2.30. The number of nitrogens with two attached hydrogens (primary N) is 1. The first-order valence-electron chi connectivity index (χ1n) is 6.56. The van der Waals surface area contributed by atoms with E-state index in [1.165, 1.54) is 0 Å². The molecule has 1 aromatic rings. The second-order valence-corrected chi connectivity index (χ2v) is 5.22. The van der Waals surface area contributed by atoms with Gasteiger partial charge in [-0.05, 0) is 36.9 Å². The van der Waals surface area contributed by atoms with Crippen LogP contribution >= 0.6 is 0 Å². The van der Waals surface area contributed by atoms with E-state index in [0.29, 0.717) is 18.9 Å². The molecule has 0 heterocycles. The number of hydrogen-bond donors (Lipinski definition) is 1. The van der Waals surface area contributed by atoms with Crippen molar-refractivity contribution in [3.8, 4) is 0 Å².